The Hall–Kier alpha value is -2.83. The SMILES string of the molecule is CCN(CC)OCc1nnc2n1-c1ccccc1C(c1ccccc1)=NC2. The third-order valence-electron chi connectivity index (χ3n) is 4.70. The van der Waals surface area contributed by atoms with Gasteiger partial charge >= 0.3 is 0 Å². The van der Waals surface area contributed by atoms with Crippen molar-refractivity contribution >= 4 is 5.71 Å². The standard InChI is InChI=1S/C21H23N5O/c1-3-25(4-2)27-15-20-24-23-19-14-22-21(16-10-6-5-7-11-16)17-12-8-9-13-18(17)26(19)20/h5-13H,3-4,14-15H2,1-2H3. The number of rotatable bonds is 6. The van der Waals surface area contributed by atoms with Gasteiger partial charge in [-0.25, -0.2) is 0 Å². The van der Waals surface area contributed by atoms with E-state index in [0.717, 1.165) is 47.3 Å². The Labute approximate surface area is 159 Å². The van der Waals surface area contributed by atoms with Crippen molar-refractivity contribution in [1.29, 1.82) is 0 Å². The Morgan fingerprint density at radius 1 is 0.963 bits per heavy atom. The molecule has 0 N–H and O–H groups in total. The maximum atomic E-state index is 5.89. The van der Waals surface area contributed by atoms with Crippen molar-refractivity contribution in [2.75, 3.05) is 13.1 Å². The smallest absolute Gasteiger partial charge is 0.165 e. The molecular weight excluding hydrogens is 338 g/mol. The summed E-state index contributed by atoms with van der Waals surface area (Å²) in [5.74, 6) is 1.61. The van der Waals surface area contributed by atoms with E-state index in [1.807, 2.05) is 35.4 Å². The number of benzene rings is 2. The van der Waals surface area contributed by atoms with Crippen molar-refractivity contribution in [3.63, 3.8) is 0 Å². The lowest BCUT2D eigenvalue weighted by Crippen LogP contribution is -2.24. The fraction of sp³-hybridized carbons (Fsp3) is 0.286. The van der Waals surface area contributed by atoms with E-state index in [4.69, 9.17) is 9.83 Å². The Balaban J connectivity index is 1.75. The molecule has 0 atom stereocenters. The maximum absolute atomic E-state index is 5.89. The molecule has 0 saturated carbocycles. The van der Waals surface area contributed by atoms with Crippen LogP contribution in [0.15, 0.2) is 59.6 Å². The highest BCUT2D eigenvalue weighted by molar-refractivity contribution is 6.15. The van der Waals surface area contributed by atoms with Crippen LogP contribution in [0.3, 0.4) is 0 Å². The van der Waals surface area contributed by atoms with E-state index in [0.29, 0.717) is 13.2 Å². The molecule has 3 aromatic rings. The minimum Gasteiger partial charge on any atom is -0.291 e. The highest BCUT2D eigenvalue weighted by Crippen LogP contribution is 2.25. The summed E-state index contributed by atoms with van der Waals surface area (Å²) in [6.45, 7) is 6.66. The summed E-state index contributed by atoms with van der Waals surface area (Å²) in [7, 11) is 0. The number of hydrogen-bond acceptors (Lipinski definition) is 5. The minimum atomic E-state index is 0.379. The topological polar surface area (TPSA) is 55.5 Å². The zero-order valence-electron chi connectivity index (χ0n) is 15.7. The molecule has 0 saturated heterocycles. The zero-order valence-corrected chi connectivity index (χ0v) is 15.7. The predicted molar refractivity (Wildman–Crippen MR) is 105 cm³/mol. The van der Waals surface area contributed by atoms with Gasteiger partial charge in [0.15, 0.2) is 11.6 Å². The van der Waals surface area contributed by atoms with E-state index < -0.39 is 0 Å². The molecule has 6 heteroatoms. The van der Waals surface area contributed by atoms with Crippen LogP contribution in [-0.2, 0) is 18.0 Å². The molecule has 1 aliphatic rings. The summed E-state index contributed by atoms with van der Waals surface area (Å²) in [4.78, 5) is 10.7. The molecule has 0 bridgehead atoms. The van der Waals surface area contributed by atoms with Crippen molar-refractivity contribution in [3.05, 3.63) is 77.4 Å². The van der Waals surface area contributed by atoms with Gasteiger partial charge in [-0.15, -0.1) is 10.2 Å². The van der Waals surface area contributed by atoms with Gasteiger partial charge in [0.1, 0.15) is 13.2 Å². The maximum Gasteiger partial charge on any atom is 0.165 e. The van der Waals surface area contributed by atoms with Crippen molar-refractivity contribution in [2.45, 2.75) is 27.0 Å². The van der Waals surface area contributed by atoms with E-state index in [9.17, 15) is 0 Å². The quantitative estimate of drug-likeness (QED) is 0.632. The number of aliphatic imine (C=N–C) groups is 1. The lowest BCUT2D eigenvalue weighted by atomic mass is 10.0. The molecule has 2 heterocycles. The van der Waals surface area contributed by atoms with Crippen LogP contribution in [0.4, 0.5) is 0 Å². The van der Waals surface area contributed by atoms with E-state index in [2.05, 4.69) is 52.9 Å². The highest BCUT2D eigenvalue weighted by atomic mass is 16.7. The third-order valence-corrected chi connectivity index (χ3v) is 4.70. The Kier molecular flexibility index (Phi) is 5.09. The van der Waals surface area contributed by atoms with Crippen LogP contribution in [0, 0.1) is 0 Å². The Morgan fingerprint density at radius 3 is 2.48 bits per heavy atom. The van der Waals surface area contributed by atoms with Crippen LogP contribution in [-0.4, -0.2) is 38.6 Å². The van der Waals surface area contributed by atoms with Gasteiger partial charge < -0.3 is 0 Å². The van der Waals surface area contributed by atoms with Crippen LogP contribution in [0.2, 0.25) is 0 Å². The van der Waals surface area contributed by atoms with E-state index >= 15 is 0 Å². The van der Waals surface area contributed by atoms with Crippen molar-refractivity contribution in [1.82, 2.24) is 19.8 Å². The summed E-state index contributed by atoms with van der Waals surface area (Å²) in [5.41, 5.74) is 4.19. The van der Waals surface area contributed by atoms with E-state index in [-0.39, 0.29) is 0 Å². The third kappa shape index (κ3) is 3.41. The molecule has 0 fully saturated rings. The van der Waals surface area contributed by atoms with E-state index in [1.54, 1.807) is 0 Å². The number of aromatic nitrogens is 3. The molecule has 138 valence electrons. The molecule has 6 nitrogen and oxygen atoms in total. The van der Waals surface area contributed by atoms with Gasteiger partial charge in [0, 0.05) is 24.2 Å². The van der Waals surface area contributed by atoms with Gasteiger partial charge in [-0.3, -0.25) is 14.4 Å². The van der Waals surface area contributed by atoms with Gasteiger partial charge in [-0.1, -0.05) is 62.4 Å². The second-order valence-corrected chi connectivity index (χ2v) is 6.30. The summed E-state index contributed by atoms with van der Waals surface area (Å²) >= 11 is 0. The molecule has 1 aromatic heterocycles. The summed E-state index contributed by atoms with van der Waals surface area (Å²) in [6, 6.07) is 18.5. The summed E-state index contributed by atoms with van der Waals surface area (Å²) < 4.78 is 2.08. The summed E-state index contributed by atoms with van der Waals surface area (Å²) in [5, 5.41) is 10.7. The average molecular weight is 361 g/mol. The Bertz CT molecular complexity index is 944. The van der Waals surface area contributed by atoms with Crippen LogP contribution >= 0.6 is 0 Å². The largest absolute Gasteiger partial charge is 0.291 e. The molecule has 0 amide bonds. The molecule has 0 radical (unpaired) electrons. The van der Waals surface area contributed by atoms with Crippen molar-refractivity contribution < 1.29 is 4.84 Å². The lowest BCUT2D eigenvalue weighted by Gasteiger charge is -2.18. The van der Waals surface area contributed by atoms with Gasteiger partial charge in [-0.2, -0.15) is 5.06 Å². The first-order chi connectivity index (χ1) is 13.3. The molecule has 4 rings (SSSR count). The lowest BCUT2D eigenvalue weighted by molar-refractivity contribution is -0.165. The number of fused-ring (bicyclic) bond motifs is 3. The van der Waals surface area contributed by atoms with Crippen molar-refractivity contribution in [3.8, 4) is 5.69 Å². The van der Waals surface area contributed by atoms with Crippen LogP contribution in [0.25, 0.3) is 5.69 Å². The minimum absolute atomic E-state index is 0.379. The fourth-order valence-corrected chi connectivity index (χ4v) is 3.33. The number of para-hydroxylation sites is 1. The monoisotopic (exact) mass is 361 g/mol. The fourth-order valence-electron chi connectivity index (χ4n) is 3.33. The summed E-state index contributed by atoms with van der Waals surface area (Å²) in [6.07, 6.45) is 0. The van der Waals surface area contributed by atoms with E-state index in [1.165, 1.54) is 0 Å². The van der Waals surface area contributed by atoms with Gasteiger partial charge in [0.05, 0.1) is 11.4 Å². The molecular formula is C21H23N5O. The van der Waals surface area contributed by atoms with Gasteiger partial charge in [0.2, 0.25) is 0 Å². The first-order valence-corrected chi connectivity index (χ1v) is 9.32. The zero-order chi connectivity index (χ0) is 18.6. The normalized spacial score (nSPS) is 13.1. The molecule has 0 unspecified atom stereocenters. The number of nitrogens with zero attached hydrogens (tertiary/aromatic N) is 5. The molecule has 2 aromatic carbocycles. The first-order valence-electron chi connectivity index (χ1n) is 9.32. The second kappa shape index (κ2) is 7.82. The molecule has 27 heavy (non-hydrogen) atoms. The predicted octanol–water partition coefficient (Wildman–Crippen LogP) is 3.39. The number of hydroxylamine groups is 2. The second-order valence-electron chi connectivity index (χ2n) is 6.30. The Morgan fingerprint density at radius 2 is 1.70 bits per heavy atom. The number of hydrogen-bond donors (Lipinski definition) is 0. The molecule has 0 spiro atoms. The van der Waals surface area contributed by atoms with Crippen LogP contribution in [0.1, 0.15) is 36.6 Å². The van der Waals surface area contributed by atoms with Crippen LogP contribution in [0.5, 0.6) is 0 Å². The van der Waals surface area contributed by atoms with Gasteiger partial charge in [0.25, 0.3) is 0 Å². The first kappa shape index (κ1) is 17.6. The molecule has 1 aliphatic heterocycles. The van der Waals surface area contributed by atoms with Gasteiger partial charge in [-0.05, 0) is 6.07 Å². The molecule has 0 aliphatic carbocycles. The van der Waals surface area contributed by atoms with Crippen LogP contribution < -0.4 is 0 Å². The van der Waals surface area contributed by atoms with Crippen molar-refractivity contribution in [2.24, 2.45) is 4.99 Å². The highest BCUT2D eigenvalue weighted by Gasteiger charge is 2.22. The average Bonchev–Trinajstić information content (AvgIpc) is 3.05.